The number of aliphatic hydroxyl groups excluding tert-OH is 2. The predicted octanol–water partition coefficient (Wildman–Crippen LogP) is 15.5. The number of aliphatic hydroxyl groups is 2. The van der Waals surface area contributed by atoms with Gasteiger partial charge in [0.15, 0.2) is 0 Å². The van der Waals surface area contributed by atoms with Gasteiger partial charge >= 0.3 is 5.97 Å². The maximum Gasteiger partial charge on any atom is 0.305 e. The molecule has 350 valence electrons. The van der Waals surface area contributed by atoms with Crippen molar-refractivity contribution in [2.24, 2.45) is 0 Å². The standard InChI is InChI=1S/C54H99NO5/c1-3-5-7-9-11-13-15-17-19-24-28-32-36-40-44-48-54(59)60-49-45-41-37-33-29-25-21-18-20-23-27-31-35-39-43-47-53(58)55-51(50-56)52(57)46-42-38-34-30-26-22-16-14-12-10-8-6-4-2/h11,13,17-19,21,25,29,51-52,56-57H,3-10,12,14-16,20,22-24,26-28,30-50H2,1-2H3,(H,55,58)/b13-11-,19-17-,21-18-,29-25-. The van der Waals surface area contributed by atoms with Crippen LogP contribution in [0.15, 0.2) is 48.6 Å². The molecule has 0 aliphatic rings. The zero-order valence-corrected chi connectivity index (χ0v) is 39.7. The summed E-state index contributed by atoms with van der Waals surface area (Å²) in [4.78, 5) is 24.4. The van der Waals surface area contributed by atoms with Crippen molar-refractivity contribution in [2.75, 3.05) is 13.2 Å². The van der Waals surface area contributed by atoms with E-state index in [4.69, 9.17) is 4.74 Å². The molecule has 0 aromatic heterocycles. The Hall–Kier alpha value is -2.18. The van der Waals surface area contributed by atoms with Crippen molar-refractivity contribution in [1.82, 2.24) is 5.32 Å². The first-order valence-corrected chi connectivity index (χ1v) is 25.9. The molecule has 0 bridgehead atoms. The lowest BCUT2D eigenvalue weighted by Crippen LogP contribution is -2.45. The molecule has 0 spiro atoms. The molecule has 60 heavy (non-hydrogen) atoms. The van der Waals surface area contributed by atoms with Crippen molar-refractivity contribution in [3.63, 3.8) is 0 Å². The highest BCUT2D eigenvalue weighted by molar-refractivity contribution is 5.76. The van der Waals surface area contributed by atoms with Gasteiger partial charge in [-0.05, 0) is 89.9 Å². The molecular formula is C54H99NO5. The van der Waals surface area contributed by atoms with Gasteiger partial charge in [0.2, 0.25) is 5.91 Å². The Bertz CT molecular complexity index is 1020. The van der Waals surface area contributed by atoms with Gasteiger partial charge in [0.1, 0.15) is 0 Å². The number of nitrogens with one attached hydrogen (secondary N) is 1. The second kappa shape index (κ2) is 49.5. The Balaban J connectivity index is 3.54. The molecule has 2 atom stereocenters. The fourth-order valence-corrected chi connectivity index (χ4v) is 7.60. The molecule has 3 N–H and O–H groups in total. The first-order chi connectivity index (χ1) is 29.5. The Morgan fingerprint density at radius 1 is 0.483 bits per heavy atom. The van der Waals surface area contributed by atoms with Gasteiger partial charge in [-0.25, -0.2) is 0 Å². The Labute approximate surface area is 372 Å². The molecular weight excluding hydrogens is 743 g/mol. The summed E-state index contributed by atoms with van der Waals surface area (Å²) >= 11 is 0. The van der Waals surface area contributed by atoms with E-state index < -0.39 is 12.1 Å². The van der Waals surface area contributed by atoms with E-state index in [9.17, 15) is 19.8 Å². The number of ether oxygens (including phenoxy) is 1. The Morgan fingerprint density at radius 3 is 1.40 bits per heavy atom. The van der Waals surface area contributed by atoms with E-state index in [0.717, 1.165) is 89.9 Å². The van der Waals surface area contributed by atoms with E-state index in [2.05, 4.69) is 67.8 Å². The molecule has 0 aliphatic carbocycles. The average Bonchev–Trinajstić information content (AvgIpc) is 3.25. The molecule has 0 saturated carbocycles. The Kier molecular flexibility index (Phi) is 47.7. The number of rotatable bonds is 47. The summed E-state index contributed by atoms with van der Waals surface area (Å²) in [5.41, 5.74) is 0. The monoisotopic (exact) mass is 842 g/mol. The quantitative estimate of drug-likeness (QED) is 0.0245. The van der Waals surface area contributed by atoms with Crippen LogP contribution in [0.25, 0.3) is 0 Å². The second-order valence-electron chi connectivity index (χ2n) is 17.5. The highest BCUT2D eigenvalue weighted by Gasteiger charge is 2.20. The predicted molar refractivity (Wildman–Crippen MR) is 259 cm³/mol. The van der Waals surface area contributed by atoms with Gasteiger partial charge in [0, 0.05) is 12.8 Å². The normalized spacial score (nSPS) is 13.1. The molecule has 0 fully saturated rings. The number of amides is 1. The Morgan fingerprint density at radius 2 is 0.883 bits per heavy atom. The average molecular weight is 842 g/mol. The number of hydrogen-bond acceptors (Lipinski definition) is 5. The van der Waals surface area contributed by atoms with Crippen molar-refractivity contribution < 1.29 is 24.5 Å². The number of hydrogen-bond donors (Lipinski definition) is 3. The van der Waals surface area contributed by atoms with E-state index in [1.54, 1.807) is 0 Å². The molecule has 2 unspecified atom stereocenters. The highest BCUT2D eigenvalue weighted by Crippen LogP contribution is 2.15. The fraction of sp³-hybridized carbons (Fsp3) is 0.815. The van der Waals surface area contributed by atoms with Crippen LogP contribution in [0.3, 0.4) is 0 Å². The van der Waals surface area contributed by atoms with Gasteiger partial charge in [-0.1, -0.05) is 204 Å². The summed E-state index contributed by atoms with van der Waals surface area (Å²) in [5.74, 6) is -0.0961. The van der Waals surface area contributed by atoms with E-state index in [-0.39, 0.29) is 18.5 Å². The largest absolute Gasteiger partial charge is 0.466 e. The van der Waals surface area contributed by atoms with E-state index in [0.29, 0.717) is 25.9 Å². The van der Waals surface area contributed by atoms with E-state index >= 15 is 0 Å². The minimum Gasteiger partial charge on any atom is -0.466 e. The van der Waals surface area contributed by atoms with E-state index in [1.165, 1.54) is 135 Å². The maximum absolute atomic E-state index is 12.4. The molecule has 0 aliphatic heterocycles. The number of allylic oxidation sites excluding steroid dienone is 8. The highest BCUT2D eigenvalue weighted by atomic mass is 16.5. The number of carbonyl (C=O) groups excluding carboxylic acids is 2. The first kappa shape index (κ1) is 57.8. The minimum atomic E-state index is -0.679. The lowest BCUT2D eigenvalue weighted by atomic mass is 10.0. The first-order valence-electron chi connectivity index (χ1n) is 25.9. The third-order valence-electron chi connectivity index (χ3n) is 11.6. The number of esters is 1. The summed E-state index contributed by atoms with van der Waals surface area (Å²) < 4.78 is 5.43. The van der Waals surface area contributed by atoms with Gasteiger partial charge in [0.05, 0.1) is 25.4 Å². The van der Waals surface area contributed by atoms with Gasteiger partial charge < -0.3 is 20.3 Å². The van der Waals surface area contributed by atoms with Crippen LogP contribution in [-0.4, -0.2) is 47.4 Å². The van der Waals surface area contributed by atoms with Gasteiger partial charge in [0.25, 0.3) is 0 Å². The summed E-state index contributed by atoms with van der Waals surface area (Å²) in [6, 6.07) is -0.558. The fourth-order valence-electron chi connectivity index (χ4n) is 7.60. The van der Waals surface area contributed by atoms with Crippen LogP contribution in [0.5, 0.6) is 0 Å². The van der Waals surface area contributed by atoms with Crippen LogP contribution < -0.4 is 5.32 Å². The molecule has 0 saturated heterocycles. The molecule has 6 heteroatoms. The molecule has 1 amide bonds. The van der Waals surface area contributed by atoms with Crippen LogP contribution in [0.4, 0.5) is 0 Å². The summed E-state index contributed by atoms with van der Waals surface area (Å²) in [5, 5.41) is 23.2. The zero-order valence-electron chi connectivity index (χ0n) is 39.7. The van der Waals surface area contributed by atoms with Crippen molar-refractivity contribution in [3.05, 3.63) is 48.6 Å². The van der Waals surface area contributed by atoms with Crippen LogP contribution in [0.1, 0.15) is 258 Å². The SMILES string of the molecule is CCCCC/C=C\C/C=C\CCCCCCCC(=O)OCCCCC/C=C\C=C/CCCCCCCCC(=O)NC(CO)C(O)CCCCCCCCCCCCCCC. The van der Waals surface area contributed by atoms with Gasteiger partial charge in [-0.2, -0.15) is 0 Å². The van der Waals surface area contributed by atoms with Gasteiger partial charge in [-0.15, -0.1) is 0 Å². The minimum absolute atomic E-state index is 0.0365. The lowest BCUT2D eigenvalue weighted by Gasteiger charge is -2.22. The summed E-state index contributed by atoms with van der Waals surface area (Å²) in [6.45, 7) is 4.85. The maximum atomic E-state index is 12.4. The van der Waals surface area contributed by atoms with Crippen molar-refractivity contribution in [1.29, 1.82) is 0 Å². The number of unbranched alkanes of at least 4 members (excludes halogenated alkanes) is 29. The zero-order chi connectivity index (χ0) is 43.7. The lowest BCUT2D eigenvalue weighted by molar-refractivity contribution is -0.143. The van der Waals surface area contributed by atoms with Crippen LogP contribution in [0, 0.1) is 0 Å². The number of carbonyl (C=O) groups is 2. The summed E-state index contributed by atoms with van der Waals surface area (Å²) in [6.07, 6.45) is 60.8. The second-order valence-corrected chi connectivity index (χ2v) is 17.5. The smallest absolute Gasteiger partial charge is 0.305 e. The van der Waals surface area contributed by atoms with Crippen molar-refractivity contribution >= 4 is 11.9 Å². The topological polar surface area (TPSA) is 95.9 Å². The molecule has 0 radical (unpaired) electrons. The van der Waals surface area contributed by atoms with Crippen LogP contribution >= 0.6 is 0 Å². The van der Waals surface area contributed by atoms with Crippen LogP contribution in [0.2, 0.25) is 0 Å². The molecule has 0 aromatic rings. The third kappa shape index (κ3) is 45.3. The molecule has 6 nitrogen and oxygen atoms in total. The van der Waals surface area contributed by atoms with Crippen molar-refractivity contribution in [2.45, 2.75) is 270 Å². The molecule has 0 heterocycles. The van der Waals surface area contributed by atoms with Gasteiger partial charge in [-0.3, -0.25) is 9.59 Å². The molecule has 0 aromatic carbocycles. The molecule has 0 rings (SSSR count). The van der Waals surface area contributed by atoms with Crippen LogP contribution in [-0.2, 0) is 14.3 Å². The van der Waals surface area contributed by atoms with E-state index in [1.807, 2.05) is 0 Å². The van der Waals surface area contributed by atoms with Crippen molar-refractivity contribution in [3.8, 4) is 0 Å². The summed E-state index contributed by atoms with van der Waals surface area (Å²) in [7, 11) is 0. The third-order valence-corrected chi connectivity index (χ3v) is 11.6.